The highest BCUT2D eigenvalue weighted by molar-refractivity contribution is 6.17. The van der Waals surface area contributed by atoms with Crippen LogP contribution in [0.5, 0.6) is 0 Å². The Balaban J connectivity index is 3.04. The van der Waals surface area contributed by atoms with E-state index < -0.39 is 0 Å². The van der Waals surface area contributed by atoms with E-state index in [1.54, 1.807) is 0 Å². The number of halogens is 1. The van der Waals surface area contributed by atoms with Gasteiger partial charge >= 0.3 is 0 Å². The van der Waals surface area contributed by atoms with Gasteiger partial charge in [0.1, 0.15) is 5.78 Å². The predicted molar refractivity (Wildman–Crippen MR) is 49.1 cm³/mol. The van der Waals surface area contributed by atoms with Crippen LogP contribution in [0.25, 0.3) is 0 Å². The molecule has 0 saturated heterocycles. The lowest BCUT2D eigenvalue weighted by atomic mass is 10.1. The van der Waals surface area contributed by atoms with Crippen LogP contribution in [0.3, 0.4) is 0 Å². The Morgan fingerprint density at radius 3 is 2.45 bits per heavy atom. The normalized spacial score (nSPS) is 10.0. The molecule has 0 rings (SSSR count). The highest BCUT2D eigenvalue weighted by Crippen LogP contribution is 2.04. The second-order valence-electron chi connectivity index (χ2n) is 2.79. The fourth-order valence-electron chi connectivity index (χ4n) is 0.997. The van der Waals surface area contributed by atoms with Gasteiger partial charge in [0.2, 0.25) is 0 Å². The Bertz CT molecular complexity index is 102. The van der Waals surface area contributed by atoms with Gasteiger partial charge in [-0.2, -0.15) is 0 Å². The zero-order valence-electron chi connectivity index (χ0n) is 7.24. The van der Waals surface area contributed by atoms with Gasteiger partial charge in [0.25, 0.3) is 0 Å². The third-order valence-electron chi connectivity index (χ3n) is 1.62. The zero-order valence-corrected chi connectivity index (χ0v) is 7.99. The number of ketones is 1. The van der Waals surface area contributed by atoms with Crippen molar-refractivity contribution in [3.05, 3.63) is 0 Å². The molecule has 0 radical (unpaired) electrons. The molecule has 0 aliphatic carbocycles. The second kappa shape index (κ2) is 8.06. The molecule has 0 aliphatic rings. The maximum absolute atomic E-state index is 11.0. The number of unbranched alkanes of at least 4 members (excludes halogenated alkanes) is 2. The third kappa shape index (κ3) is 7.86. The average Bonchev–Trinajstić information content (AvgIpc) is 1.99. The van der Waals surface area contributed by atoms with Gasteiger partial charge in [0.15, 0.2) is 0 Å². The van der Waals surface area contributed by atoms with Crippen LogP contribution in [-0.4, -0.2) is 11.7 Å². The van der Waals surface area contributed by atoms with Crippen LogP contribution in [0.15, 0.2) is 0 Å². The van der Waals surface area contributed by atoms with Gasteiger partial charge < -0.3 is 0 Å². The van der Waals surface area contributed by atoms with Crippen LogP contribution in [0.2, 0.25) is 0 Å². The molecule has 0 heterocycles. The lowest BCUT2D eigenvalue weighted by molar-refractivity contribution is -0.119. The zero-order chi connectivity index (χ0) is 8.53. The molecule has 0 atom stereocenters. The topological polar surface area (TPSA) is 17.1 Å². The van der Waals surface area contributed by atoms with Crippen molar-refractivity contribution in [2.24, 2.45) is 0 Å². The summed E-state index contributed by atoms with van der Waals surface area (Å²) in [6.45, 7) is 2.04. The van der Waals surface area contributed by atoms with Crippen molar-refractivity contribution in [1.29, 1.82) is 0 Å². The molecule has 0 bridgehead atoms. The summed E-state index contributed by atoms with van der Waals surface area (Å²) in [5.74, 6) is 1.13. The highest BCUT2D eigenvalue weighted by atomic mass is 35.5. The molecule has 0 aromatic carbocycles. The summed E-state index contributed by atoms with van der Waals surface area (Å²) in [6.07, 6.45) is 5.64. The molecule has 0 saturated carbocycles. The maximum atomic E-state index is 11.0. The van der Waals surface area contributed by atoms with Crippen LogP contribution < -0.4 is 0 Å². The van der Waals surface area contributed by atoms with Crippen LogP contribution in [0.1, 0.15) is 45.4 Å². The largest absolute Gasteiger partial charge is 0.300 e. The molecule has 0 spiro atoms. The molecule has 66 valence electrons. The molecule has 2 heteroatoms. The number of hydrogen-bond donors (Lipinski definition) is 0. The predicted octanol–water partition coefficient (Wildman–Crippen LogP) is 3.15. The Hall–Kier alpha value is -0.0400. The number of alkyl halides is 1. The molecule has 0 amide bonds. The molecular formula is C9H17ClO. The standard InChI is InChI=1S/C9H17ClO/c1-2-6-9(11)7-4-3-5-8-10/h2-8H2,1H3. The van der Waals surface area contributed by atoms with Crippen LogP contribution in [0.4, 0.5) is 0 Å². The highest BCUT2D eigenvalue weighted by Gasteiger charge is 1.98. The summed E-state index contributed by atoms with van der Waals surface area (Å²) < 4.78 is 0. The Kier molecular flexibility index (Phi) is 8.03. The van der Waals surface area contributed by atoms with E-state index in [0.29, 0.717) is 5.78 Å². The molecule has 0 aliphatic heterocycles. The number of rotatable bonds is 7. The molecule has 11 heavy (non-hydrogen) atoms. The average molecular weight is 177 g/mol. The first-order valence-corrected chi connectivity index (χ1v) is 4.92. The minimum atomic E-state index is 0.405. The number of hydrogen-bond acceptors (Lipinski definition) is 1. The van der Waals surface area contributed by atoms with Gasteiger partial charge in [-0.25, -0.2) is 0 Å². The van der Waals surface area contributed by atoms with Crippen LogP contribution >= 0.6 is 11.6 Å². The summed E-state index contributed by atoms with van der Waals surface area (Å²) in [5, 5.41) is 0. The van der Waals surface area contributed by atoms with E-state index in [1.165, 1.54) is 0 Å². The summed E-state index contributed by atoms with van der Waals surface area (Å²) in [7, 11) is 0. The minimum Gasteiger partial charge on any atom is -0.300 e. The Morgan fingerprint density at radius 2 is 1.91 bits per heavy atom. The van der Waals surface area contributed by atoms with E-state index >= 15 is 0 Å². The maximum Gasteiger partial charge on any atom is 0.132 e. The van der Waals surface area contributed by atoms with Gasteiger partial charge in [-0.3, -0.25) is 4.79 Å². The Morgan fingerprint density at radius 1 is 1.18 bits per heavy atom. The molecule has 0 fully saturated rings. The van der Waals surface area contributed by atoms with Crippen molar-refractivity contribution in [3.8, 4) is 0 Å². The van der Waals surface area contributed by atoms with Gasteiger partial charge in [0, 0.05) is 18.7 Å². The van der Waals surface area contributed by atoms with Crippen molar-refractivity contribution in [2.45, 2.75) is 45.4 Å². The first kappa shape index (κ1) is 11.0. The first-order chi connectivity index (χ1) is 5.31. The fraction of sp³-hybridized carbons (Fsp3) is 0.889. The molecule has 1 nitrogen and oxygen atoms in total. The quantitative estimate of drug-likeness (QED) is 0.430. The lowest BCUT2D eigenvalue weighted by Gasteiger charge is -1.97. The Labute approximate surface area is 74.1 Å². The van der Waals surface area contributed by atoms with Crippen molar-refractivity contribution in [1.82, 2.24) is 0 Å². The van der Waals surface area contributed by atoms with E-state index in [0.717, 1.165) is 44.4 Å². The smallest absolute Gasteiger partial charge is 0.132 e. The van der Waals surface area contributed by atoms with Gasteiger partial charge in [0.05, 0.1) is 0 Å². The molecule has 0 N–H and O–H groups in total. The molecule has 0 aromatic rings. The van der Waals surface area contributed by atoms with Crippen LogP contribution in [-0.2, 0) is 4.79 Å². The first-order valence-electron chi connectivity index (χ1n) is 4.39. The monoisotopic (exact) mass is 176 g/mol. The summed E-state index contributed by atoms with van der Waals surface area (Å²) in [5.41, 5.74) is 0. The van der Waals surface area contributed by atoms with E-state index in [-0.39, 0.29) is 0 Å². The minimum absolute atomic E-state index is 0.405. The number of carbonyl (C=O) groups excluding carboxylic acids is 1. The van der Waals surface area contributed by atoms with Crippen molar-refractivity contribution in [3.63, 3.8) is 0 Å². The fourth-order valence-corrected chi connectivity index (χ4v) is 1.19. The third-order valence-corrected chi connectivity index (χ3v) is 1.89. The molecule has 0 unspecified atom stereocenters. The van der Waals surface area contributed by atoms with E-state index in [4.69, 9.17) is 11.6 Å². The van der Waals surface area contributed by atoms with Crippen molar-refractivity contribution in [2.75, 3.05) is 5.88 Å². The number of carbonyl (C=O) groups is 1. The van der Waals surface area contributed by atoms with Crippen molar-refractivity contribution < 1.29 is 4.79 Å². The number of Topliss-reactive ketones (excluding diaryl/α,β-unsaturated/α-hetero) is 1. The summed E-state index contributed by atoms with van der Waals surface area (Å²) >= 11 is 5.49. The van der Waals surface area contributed by atoms with Gasteiger partial charge in [-0.1, -0.05) is 13.3 Å². The van der Waals surface area contributed by atoms with Gasteiger partial charge in [-0.05, 0) is 19.3 Å². The van der Waals surface area contributed by atoms with E-state index in [9.17, 15) is 4.79 Å². The lowest BCUT2D eigenvalue weighted by Crippen LogP contribution is -1.96. The summed E-state index contributed by atoms with van der Waals surface area (Å²) in [4.78, 5) is 11.0. The van der Waals surface area contributed by atoms with E-state index in [1.807, 2.05) is 6.92 Å². The van der Waals surface area contributed by atoms with Crippen LogP contribution in [0, 0.1) is 0 Å². The van der Waals surface area contributed by atoms with Crippen molar-refractivity contribution >= 4 is 17.4 Å². The SMILES string of the molecule is CCCC(=O)CCCCCCl. The summed E-state index contributed by atoms with van der Waals surface area (Å²) in [6, 6.07) is 0. The molecule has 0 aromatic heterocycles. The van der Waals surface area contributed by atoms with E-state index in [2.05, 4.69) is 0 Å². The molecular weight excluding hydrogens is 160 g/mol. The van der Waals surface area contributed by atoms with Gasteiger partial charge in [-0.15, -0.1) is 11.6 Å². The second-order valence-corrected chi connectivity index (χ2v) is 3.17.